The minimum absolute atomic E-state index is 0.624. The van der Waals surface area contributed by atoms with Crippen LogP contribution in [0.25, 0.3) is 0 Å². The van der Waals surface area contributed by atoms with Crippen molar-refractivity contribution in [2.24, 2.45) is 0 Å². The van der Waals surface area contributed by atoms with Gasteiger partial charge in [-0.1, -0.05) is 6.42 Å². The molecule has 3 heteroatoms. The molecule has 2 heterocycles. The Balaban J connectivity index is 1.81. The van der Waals surface area contributed by atoms with Crippen LogP contribution in [-0.2, 0) is 0 Å². The quantitative estimate of drug-likeness (QED) is 0.792. The number of hydrogen-bond donors (Lipinski definition) is 2. The lowest BCUT2D eigenvalue weighted by molar-refractivity contribution is 0.414. The highest BCUT2D eigenvalue weighted by atomic mass is 15.0. The van der Waals surface area contributed by atoms with Crippen LogP contribution in [0, 0.1) is 6.92 Å². The molecule has 0 aromatic carbocycles. The van der Waals surface area contributed by atoms with E-state index in [1.54, 1.807) is 0 Å². The van der Waals surface area contributed by atoms with E-state index in [9.17, 15) is 0 Å². The second-order valence-electron chi connectivity index (χ2n) is 4.28. The van der Waals surface area contributed by atoms with Crippen LogP contribution in [0.3, 0.4) is 0 Å². The average Bonchev–Trinajstić information content (AvgIpc) is 2.28. The minimum Gasteiger partial charge on any atom is -0.382 e. The molecule has 1 aliphatic heterocycles. The summed E-state index contributed by atoms with van der Waals surface area (Å²) in [5.74, 6) is 0. The molecule has 3 nitrogen and oxygen atoms in total. The van der Waals surface area contributed by atoms with Gasteiger partial charge in [0.15, 0.2) is 0 Å². The summed E-state index contributed by atoms with van der Waals surface area (Å²) in [5.41, 5.74) is 2.33. The van der Waals surface area contributed by atoms with Gasteiger partial charge in [-0.05, 0) is 37.9 Å². The van der Waals surface area contributed by atoms with Crippen LogP contribution in [-0.4, -0.2) is 24.1 Å². The van der Waals surface area contributed by atoms with Crippen LogP contribution < -0.4 is 10.6 Å². The highest BCUT2D eigenvalue weighted by Crippen LogP contribution is 2.10. The molecule has 1 saturated heterocycles. The molecular weight excluding hydrogens is 186 g/mol. The summed E-state index contributed by atoms with van der Waals surface area (Å²) >= 11 is 0. The van der Waals surface area contributed by atoms with E-state index in [0.717, 1.165) is 12.2 Å². The molecule has 0 amide bonds. The van der Waals surface area contributed by atoms with E-state index in [2.05, 4.69) is 28.6 Å². The fourth-order valence-corrected chi connectivity index (χ4v) is 1.99. The van der Waals surface area contributed by atoms with Gasteiger partial charge >= 0.3 is 0 Å². The van der Waals surface area contributed by atoms with Gasteiger partial charge in [0.1, 0.15) is 0 Å². The topological polar surface area (TPSA) is 37.0 Å². The van der Waals surface area contributed by atoms with Crippen molar-refractivity contribution < 1.29 is 0 Å². The van der Waals surface area contributed by atoms with Crippen molar-refractivity contribution >= 4 is 5.69 Å². The molecule has 1 fully saturated rings. The summed E-state index contributed by atoms with van der Waals surface area (Å²) in [4.78, 5) is 4.17. The lowest BCUT2D eigenvalue weighted by Crippen LogP contribution is -2.39. The Morgan fingerprint density at radius 3 is 3.13 bits per heavy atom. The number of pyridine rings is 1. The van der Waals surface area contributed by atoms with Crippen LogP contribution in [0.4, 0.5) is 5.69 Å². The first-order valence-corrected chi connectivity index (χ1v) is 5.73. The summed E-state index contributed by atoms with van der Waals surface area (Å²) in [5, 5.41) is 6.95. The van der Waals surface area contributed by atoms with E-state index >= 15 is 0 Å². The summed E-state index contributed by atoms with van der Waals surface area (Å²) in [6.07, 6.45) is 7.72. The number of nitrogens with one attached hydrogen (secondary N) is 2. The normalized spacial score (nSPS) is 21.3. The van der Waals surface area contributed by atoms with Gasteiger partial charge in [-0.15, -0.1) is 0 Å². The lowest BCUT2D eigenvalue weighted by Gasteiger charge is -2.24. The van der Waals surface area contributed by atoms with Crippen molar-refractivity contribution in [2.75, 3.05) is 18.4 Å². The standard InChI is InChI=1S/C12H19N3/c1-10-6-12(8-13-7-10)15-9-11-4-2-3-5-14-11/h6-8,11,14-15H,2-5,9H2,1H3. The van der Waals surface area contributed by atoms with Crippen LogP contribution >= 0.6 is 0 Å². The van der Waals surface area contributed by atoms with Crippen molar-refractivity contribution in [1.29, 1.82) is 0 Å². The maximum absolute atomic E-state index is 4.17. The summed E-state index contributed by atoms with van der Waals surface area (Å²) < 4.78 is 0. The number of nitrogens with zero attached hydrogens (tertiary/aromatic N) is 1. The van der Waals surface area contributed by atoms with E-state index < -0.39 is 0 Å². The zero-order chi connectivity index (χ0) is 10.5. The van der Waals surface area contributed by atoms with E-state index in [1.807, 2.05) is 12.4 Å². The maximum Gasteiger partial charge on any atom is 0.0529 e. The Kier molecular flexibility index (Phi) is 3.56. The van der Waals surface area contributed by atoms with E-state index in [1.165, 1.54) is 31.4 Å². The zero-order valence-electron chi connectivity index (χ0n) is 9.29. The first-order chi connectivity index (χ1) is 7.34. The van der Waals surface area contributed by atoms with Gasteiger partial charge in [0.25, 0.3) is 0 Å². The van der Waals surface area contributed by atoms with Gasteiger partial charge in [-0.3, -0.25) is 4.98 Å². The van der Waals surface area contributed by atoms with E-state index in [-0.39, 0.29) is 0 Å². The Bertz CT molecular complexity index is 305. The molecule has 0 radical (unpaired) electrons. The molecule has 1 aromatic heterocycles. The molecule has 0 bridgehead atoms. The lowest BCUT2D eigenvalue weighted by atomic mass is 10.1. The number of rotatable bonds is 3. The molecule has 15 heavy (non-hydrogen) atoms. The summed E-state index contributed by atoms with van der Waals surface area (Å²) in [7, 11) is 0. The first-order valence-electron chi connectivity index (χ1n) is 5.73. The molecule has 0 saturated carbocycles. The van der Waals surface area contributed by atoms with Crippen molar-refractivity contribution in [2.45, 2.75) is 32.2 Å². The van der Waals surface area contributed by atoms with Gasteiger partial charge in [0.2, 0.25) is 0 Å². The van der Waals surface area contributed by atoms with Gasteiger partial charge in [-0.2, -0.15) is 0 Å². The molecule has 1 atom stereocenters. The average molecular weight is 205 g/mol. The third-order valence-corrected chi connectivity index (χ3v) is 2.84. The highest BCUT2D eigenvalue weighted by molar-refractivity contribution is 5.42. The Morgan fingerprint density at radius 2 is 2.40 bits per heavy atom. The number of piperidine rings is 1. The number of aryl methyl sites for hydroxylation is 1. The molecule has 0 spiro atoms. The highest BCUT2D eigenvalue weighted by Gasteiger charge is 2.11. The number of anilines is 1. The van der Waals surface area contributed by atoms with Crippen molar-refractivity contribution in [3.63, 3.8) is 0 Å². The number of hydrogen-bond acceptors (Lipinski definition) is 3. The second kappa shape index (κ2) is 5.12. The molecule has 2 N–H and O–H groups in total. The monoisotopic (exact) mass is 205 g/mol. The molecule has 1 unspecified atom stereocenters. The molecule has 1 aromatic rings. The van der Waals surface area contributed by atoms with E-state index in [0.29, 0.717) is 6.04 Å². The Labute approximate surface area is 91.3 Å². The Hall–Kier alpha value is -1.09. The fraction of sp³-hybridized carbons (Fsp3) is 0.583. The van der Waals surface area contributed by atoms with Crippen molar-refractivity contribution in [3.05, 3.63) is 24.0 Å². The summed E-state index contributed by atoms with van der Waals surface area (Å²) in [6, 6.07) is 2.76. The minimum atomic E-state index is 0.624. The van der Waals surface area contributed by atoms with Gasteiger partial charge in [0, 0.05) is 25.0 Å². The van der Waals surface area contributed by atoms with Gasteiger partial charge in [-0.25, -0.2) is 0 Å². The zero-order valence-corrected chi connectivity index (χ0v) is 9.29. The summed E-state index contributed by atoms with van der Waals surface area (Å²) in [6.45, 7) is 4.24. The van der Waals surface area contributed by atoms with Crippen molar-refractivity contribution in [1.82, 2.24) is 10.3 Å². The third kappa shape index (κ3) is 3.20. The fourth-order valence-electron chi connectivity index (χ4n) is 1.99. The molecule has 82 valence electrons. The largest absolute Gasteiger partial charge is 0.382 e. The van der Waals surface area contributed by atoms with Crippen LogP contribution in [0.1, 0.15) is 24.8 Å². The maximum atomic E-state index is 4.17. The first kappa shape index (κ1) is 10.4. The second-order valence-corrected chi connectivity index (χ2v) is 4.28. The van der Waals surface area contributed by atoms with Crippen molar-refractivity contribution in [3.8, 4) is 0 Å². The smallest absolute Gasteiger partial charge is 0.0529 e. The predicted octanol–water partition coefficient (Wildman–Crippen LogP) is 1.94. The van der Waals surface area contributed by atoms with Gasteiger partial charge in [0.05, 0.1) is 5.69 Å². The van der Waals surface area contributed by atoms with Crippen LogP contribution in [0.15, 0.2) is 18.5 Å². The molecule has 2 rings (SSSR count). The molecule has 1 aliphatic rings. The Morgan fingerprint density at radius 1 is 1.47 bits per heavy atom. The molecular formula is C12H19N3. The van der Waals surface area contributed by atoms with Crippen LogP contribution in [0.2, 0.25) is 0 Å². The van der Waals surface area contributed by atoms with E-state index in [4.69, 9.17) is 0 Å². The van der Waals surface area contributed by atoms with Crippen LogP contribution in [0.5, 0.6) is 0 Å². The predicted molar refractivity (Wildman–Crippen MR) is 63.1 cm³/mol. The SMILES string of the molecule is Cc1cncc(NCC2CCCCN2)c1. The third-order valence-electron chi connectivity index (χ3n) is 2.84. The molecule has 0 aliphatic carbocycles. The van der Waals surface area contributed by atoms with Gasteiger partial charge < -0.3 is 10.6 Å². The number of aromatic nitrogens is 1.